The number of likely N-dealkylation sites (tertiary alicyclic amines) is 1. The molecule has 4 nitrogen and oxygen atoms in total. The maximum Gasteiger partial charge on any atom is 0.233 e. The smallest absolute Gasteiger partial charge is 0.233 e. The van der Waals surface area contributed by atoms with Gasteiger partial charge in [-0.3, -0.25) is 14.5 Å². The highest BCUT2D eigenvalue weighted by molar-refractivity contribution is 5.45. The third-order valence-corrected chi connectivity index (χ3v) is 3.65. The Kier molecular flexibility index (Phi) is 5.37. The molecule has 0 atom stereocenters. The number of carbonyl (C=O) groups is 1. The van der Waals surface area contributed by atoms with Crippen molar-refractivity contribution in [3.8, 4) is 0 Å². The monoisotopic (exact) mass is 290 g/mol. The minimum atomic E-state index is -0.331. The van der Waals surface area contributed by atoms with E-state index < -0.39 is 0 Å². The lowest BCUT2D eigenvalue weighted by Crippen LogP contribution is -2.46. The molecule has 1 aromatic rings. The standard InChI is InChI=1S/C17H26N2O2/c1-17(2,3)21-19(14-20)16-9-11-18(12-10-16)13-15-7-5-4-6-8-15/h4-8,14,16H,9-13H2,1-3H3. The van der Waals surface area contributed by atoms with E-state index in [4.69, 9.17) is 4.84 Å². The maximum absolute atomic E-state index is 11.2. The molecule has 116 valence electrons. The summed E-state index contributed by atoms with van der Waals surface area (Å²) in [4.78, 5) is 19.4. The van der Waals surface area contributed by atoms with Crippen molar-refractivity contribution in [2.24, 2.45) is 0 Å². The van der Waals surface area contributed by atoms with Gasteiger partial charge in [-0.15, -0.1) is 0 Å². The average Bonchev–Trinajstić information content (AvgIpc) is 2.46. The molecule has 0 bridgehead atoms. The van der Waals surface area contributed by atoms with Crippen LogP contribution >= 0.6 is 0 Å². The lowest BCUT2D eigenvalue weighted by molar-refractivity contribution is -0.236. The Hall–Kier alpha value is -1.39. The van der Waals surface area contributed by atoms with Crippen molar-refractivity contribution in [1.29, 1.82) is 0 Å². The Morgan fingerprint density at radius 3 is 2.38 bits per heavy atom. The van der Waals surface area contributed by atoms with Crippen LogP contribution < -0.4 is 0 Å². The largest absolute Gasteiger partial charge is 0.299 e. The molecule has 0 unspecified atom stereocenters. The van der Waals surface area contributed by atoms with Crippen molar-refractivity contribution in [3.63, 3.8) is 0 Å². The number of hydroxylamine groups is 2. The van der Waals surface area contributed by atoms with Gasteiger partial charge in [-0.1, -0.05) is 30.3 Å². The van der Waals surface area contributed by atoms with Gasteiger partial charge in [0.2, 0.25) is 6.41 Å². The quantitative estimate of drug-likeness (QED) is 0.617. The molecule has 1 aromatic carbocycles. The fourth-order valence-electron chi connectivity index (χ4n) is 2.67. The summed E-state index contributed by atoms with van der Waals surface area (Å²) >= 11 is 0. The van der Waals surface area contributed by atoms with Crippen LogP contribution in [0, 0.1) is 0 Å². The van der Waals surface area contributed by atoms with Gasteiger partial charge in [0.1, 0.15) is 0 Å². The van der Waals surface area contributed by atoms with Crippen LogP contribution in [0.2, 0.25) is 0 Å². The number of nitrogens with zero attached hydrogens (tertiary/aromatic N) is 2. The molecule has 1 amide bonds. The predicted molar refractivity (Wildman–Crippen MR) is 83.5 cm³/mol. The SMILES string of the molecule is CC(C)(C)ON(C=O)C1CCN(Cc2ccccc2)CC1. The second kappa shape index (κ2) is 7.05. The second-order valence-corrected chi connectivity index (χ2v) is 6.66. The van der Waals surface area contributed by atoms with Gasteiger partial charge in [0.15, 0.2) is 0 Å². The van der Waals surface area contributed by atoms with Gasteiger partial charge in [-0.25, -0.2) is 5.06 Å². The van der Waals surface area contributed by atoms with Crippen LogP contribution in [0.5, 0.6) is 0 Å². The van der Waals surface area contributed by atoms with Crippen molar-refractivity contribution < 1.29 is 9.63 Å². The van der Waals surface area contributed by atoms with E-state index in [-0.39, 0.29) is 11.6 Å². The Bertz CT molecular complexity index is 434. The van der Waals surface area contributed by atoms with Crippen molar-refractivity contribution in [3.05, 3.63) is 35.9 Å². The van der Waals surface area contributed by atoms with Crippen molar-refractivity contribution in [2.75, 3.05) is 13.1 Å². The van der Waals surface area contributed by atoms with Gasteiger partial charge in [0, 0.05) is 19.6 Å². The summed E-state index contributed by atoms with van der Waals surface area (Å²) in [6, 6.07) is 10.7. The molecule has 2 rings (SSSR count). The third kappa shape index (κ3) is 5.14. The van der Waals surface area contributed by atoms with E-state index in [0.29, 0.717) is 0 Å². The summed E-state index contributed by atoms with van der Waals surface area (Å²) in [7, 11) is 0. The third-order valence-electron chi connectivity index (χ3n) is 3.65. The number of amides is 1. The predicted octanol–water partition coefficient (Wildman–Crippen LogP) is 2.84. The van der Waals surface area contributed by atoms with Crippen molar-refractivity contribution >= 4 is 6.41 Å². The van der Waals surface area contributed by atoms with Crippen LogP contribution in [0.1, 0.15) is 39.2 Å². The molecule has 0 radical (unpaired) electrons. The Morgan fingerprint density at radius 2 is 1.86 bits per heavy atom. The molecule has 1 aliphatic rings. The second-order valence-electron chi connectivity index (χ2n) is 6.66. The van der Waals surface area contributed by atoms with Gasteiger partial charge in [-0.05, 0) is 39.2 Å². The Balaban J connectivity index is 1.83. The highest BCUT2D eigenvalue weighted by Gasteiger charge is 2.27. The van der Waals surface area contributed by atoms with E-state index in [1.165, 1.54) is 10.6 Å². The van der Waals surface area contributed by atoms with Gasteiger partial charge >= 0.3 is 0 Å². The highest BCUT2D eigenvalue weighted by Crippen LogP contribution is 2.20. The van der Waals surface area contributed by atoms with Gasteiger partial charge < -0.3 is 0 Å². The number of rotatable bonds is 5. The van der Waals surface area contributed by atoms with Crippen molar-refractivity contribution in [1.82, 2.24) is 9.96 Å². The zero-order chi connectivity index (χ0) is 15.3. The average molecular weight is 290 g/mol. The molecule has 0 aliphatic carbocycles. The van der Waals surface area contributed by atoms with Crippen LogP contribution in [-0.2, 0) is 16.2 Å². The molecule has 21 heavy (non-hydrogen) atoms. The number of hydrogen-bond acceptors (Lipinski definition) is 3. The van der Waals surface area contributed by atoms with Crippen LogP contribution in [0.3, 0.4) is 0 Å². The van der Waals surface area contributed by atoms with E-state index in [0.717, 1.165) is 38.9 Å². The minimum absolute atomic E-state index is 0.189. The first-order valence-electron chi connectivity index (χ1n) is 7.67. The summed E-state index contributed by atoms with van der Waals surface area (Å²) in [6.45, 7) is 8.87. The highest BCUT2D eigenvalue weighted by atomic mass is 16.7. The lowest BCUT2D eigenvalue weighted by Gasteiger charge is -2.38. The molecular formula is C17H26N2O2. The first kappa shape index (κ1) is 16.0. The number of benzene rings is 1. The van der Waals surface area contributed by atoms with Crippen LogP contribution in [-0.4, -0.2) is 41.1 Å². The molecule has 0 aromatic heterocycles. The zero-order valence-electron chi connectivity index (χ0n) is 13.3. The topological polar surface area (TPSA) is 32.8 Å². The van der Waals surface area contributed by atoms with Gasteiger partial charge in [0.25, 0.3) is 0 Å². The van der Waals surface area contributed by atoms with E-state index in [1.54, 1.807) is 0 Å². The van der Waals surface area contributed by atoms with Crippen LogP contribution in [0.4, 0.5) is 0 Å². The fraction of sp³-hybridized carbons (Fsp3) is 0.588. The number of hydrogen-bond donors (Lipinski definition) is 0. The molecule has 0 saturated carbocycles. The van der Waals surface area contributed by atoms with E-state index >= 15 is 0 Å². The minimum Gasteiger partial charge on any atom is -0.299 e. The molecule has 0 spiro atoms. The number of carbonyl (C=O) groups excluding carboxylic acids is 1. The molecule has 4 heteroatoms. The van der Waals surface area contributed by atoms with E-state index in [1.807, 2.05) is 26.8 Å². The van der Waals surface area contributed by atoms with Crippen LogP contribution in [0.25, 0.3) is 0 Å². The zero-order valence-corrected chi connectivity index (χ0v) is 13.3. The van der Waals surface area contributed by atoms with Crippen molar-refractivity contribution in [2.45, 2.75) is 51.8 Å². The molecular weight excluding hydrogens is 264 g/mol. The summed E-state index contributed by atoms with van der Waals surface area (Å²) in [5.74, 6) is 0. The molecule has 1 fully saturated rings. The normalized spacial score (nSPS) is 17.7. The Morgan fingerprint density at radius 1 is 1.24 bits per heavy atom. The maximum atomic E-state index is 11.2. The fourth-order valence-corrected chi connectivity index (χ4v) is 2.67. The molecule has 1 aliphatic heterocycles. The lowest BCUT2D eigenvalue weighted by atomic mass is 10.0. The van der Waals surface area contributed by atoms with E-state index in [9.17, 15) is 4.79 Å². The molecule has 1 saturated heterocycles. The summed E-state index contributed by atoms with van der Waals surface area (Å²) in [5.41, 5.74) is 1.01. The first-order valence-corrected chi connectivity index (χ1v) is 7.67. The first-order chi connectivity index (χ1) is 9.98. The summed E-state index contributed by atoms with van der Waals surface area (Å²) in [5, 5.41) is 1.51. The summed E-state index contributed by atoms with van der Waals surface area (Å²) in [6.07, 6.45) is 2.74. The number of piperidine rings is 1. The Labute approximate surface area is 127 Å². The van der Waals surface area contributed by atoms with Gasteiger partial charge in [0.05, 0.1) is 11.6 Å². The molecule has 0 N–H and O–H groups in total. The van der Waals surface area contributed by atoms with Crippen LogP contribution in [0.15, 0.2) is 30.3 Å². The summed E-state index contributed by atoms with van der Waals surface area (Å²) < 4.78 is 0. The van der Waals surface area contributed by atoms with E-state index in [2.05, 4.69) is 29.2 Å². The molecule has 1 heterocycles. The van der Waals surface area contributed by atoms with Gasteiger partial charge in [-0.2, -0.15) is 0 Å².